The van der Waals surface area contributed by atoms with Gasteiger partial charge in [-0.05, 0) is 62.3 Å². The summed E-state index contributed by atoms with van der Waals surface area (Å²) in [6.07, 6.45) is 1.92. The second kappa shape index (κ2) is 11.7. The van der Waals surface area contributed by atoms with Crippen molar-refractivity contribution in [3.8, 4) is 11.5 Å². The fraction of sp³-hybridized carbons (Fsp3) is 0.667. The maximum absolute atomic E-state index is 9.36. The van der Waals surface area contributed by atoms with Crippen molar-refractivity contribution in [2.24, 2.45) is 0 Å². The topological polar surface area (TPSA) is 66.4 Å². The minimum absolute atomic E-state index is 0.145. The van der Waals surface area contributed by atoms with Gasteiger partial charge in [0.05, 0.1) is 19.4 Å². The van der Waals surface area contributed by atoms with Crippen molar-refractivity contribution in [1.82, 2.24) is 0 Å². The van der Waals surface area contributed by atoms with Gasteiger partial charge in [0.15, 0.2) is 0 Å². The van der Waals surface area contributed by atoms with Crippen LogP contribution in [0, 0.1) is 0 Å². The first-order valence-electron chi connectivity index (χ1n) is 9.02. The number of benzene rings is 1. The maximum atomic E-state index is 9.36. The number of ether oxygens (including phenoxy) is 2. The van der Waals surface area contributed by atoms with Crippen LogP contribution in [0.25, 0.3) is 0 Å². The summed E-state index contributed by atoms with van der Waals surface area (Å²) < 4.78 is 27.9. The molecule has 1 aromatic rings. The van der Waals surface area contributed by atoms with Gasteiger partial charge in [0.2, 0.25) is 8.32 Å². The minimum Gasteiger partial charge on any atom is -0.494 e. The SMILES string of the molecule is CO[Si](C)(CO)CCCOc1ccc(OCCC[Si](C)(OC)OC)cc1. The Bertz CT molecular complexity index is 444. The molecule has 1 N–H and O–H groups in total. The number of aliphatic hydroxyl groups is 1. The predicted octanol–water partition coefficient (Wildman–Crippen LogP) is 3.34. The standard InChI is InChI=1S/C18H34O6Si2/c1-20-25(4,16-19)14-6-12-23-17-8-10-18(11-9-17)24-13-7-15-26(5,21-2)22-3/h8-11,19H,6-7,12-16H2,1-5H3. The molecule has 0 spiro atoms. The Hall–Kier alpha value is -0.906. The molecule has 0 amide bonds. The normalized spacial score (nSPS) is 14.1. The van der Waals surface area contributed by atoms with Crippen LogP contribution >= 0.6 is 0 Å². The Morgan fingerprint density at radius 2 is 1.23 bits per heavy atom. The van der Waals surface area contributed by atoms with Gasteiger partial charge < -0.3 is 27.9 Å². The Kier molecular flexibility index (Phi) is 10.4. The molecule has 0 saturated heterocycles. The summed E-state index contributed by atoms with van der Waals surface area (Å²) in [5.74, 6) is 1.65. The average molecular weight is 403 g/mol. The largest absolute Gasteiger partial charge is 0.494 e. The molecular weight excluding hydrogens is 368 g/mol. The second-order valence-corrected chi connectivity index (χ2v) is 14.4. The molecule has 0 bridgehead atoms. The third-order valence-corrected chi connectivity index (χ3v) is 10.7. The van der Waals surface area contributed by atoms with Gasteiger partial charge in [-0.1, -0.05) is 0 Å². The van der Waals surface area contributed by atoms with Crippen molar-refractivity contribution < 1.29 is 27.9 Å². The Morgan fingerprint density at radius 1 is 0.769 bits per heavy atom. The van der Waals surface area contributed by atoms with E-state index < -0.39 is 16.9 Å². The van der Waals surface area contributed by atoms with Crippen molar-refractivity contribution >= 4 is 16.9 Å². The molecule has 26 heavy (non-hydrogen) atoms. The van der Waals surface area contributed by atoms with Crippen LogP contribution in [0.2, 0.25) is 25.2 Å². The lowest BCUT2D eigenvalue weighted by Gasteiger charge is -2.22. The van der Waals surface area contributed by atoms with Gasteiger partial charge in [-0.3, -0.25) is 0 Å². The molecule has 6 nitrogen and oxygen atoms in total. The molecule has 0 heterocycles. The van der Waals surface area contributed by atoms with E-state index in [1.54, 1.807) is 21.3 Å². The zero-order valence-electron chi connectivity index (χ0n) is 16.7. The summed E-state index contributed by atoms with van der Waals surface area (Å²) in [7, 11) is 1.14. The smallest absolute Gasteiger partial charge is 0.334 e. The van der Waals surface area contributed by atoms with Gasteiger partial charge in [-0.15, -0.1) is 0 Å². The monoisotopic (exact) mass is 402 g/mol. The van der Waals surface area contributed by atoms with E-state index >= 15 is 0 Å². The summed E-state index contributed by atoms with van der Waals surface area (Å²) in [5.41, 5.74) is 0. The zero-order valence-corrected chi connectivity index (χ0v) is 18.7. The van der Waals surface area contributed by atoms with E-state index in [9.17, 15) is 5.11 Å². The Labute approximate surface area is 159 Å². The summed E-state index contributed by atoms with van der Waals surface area (Å²) in [6, 6.07) is 9.45. The Morgan fingerprint density at radius 3 is 1.62 bits per heavy atom. The van der Waals surface area contributed by atoms with Gasteiger partial charge in [-0.25, -0.2) is 0 Å². The summed E-state index contributed by atoms with van der Waals surface area (Å²) in [4.78, 5) is 0. The highest BCUT2D eigenvalue weighted by Crippen LogP contribution is 2.20. The van der Waals surface area contributed by atoms with Crippen molar-refractivity contribution in [2.45, 2.75) is 38.0 Å². The van der Waals surface area contributed by atoms with Crippen LogP contribution in [-0.2, 0) is 13.3 Å². The first-order chi connectivity index (χ1) is 12.4. The third-order valence-electron chi connectivity index (χ3n) is 4.68. The minimum atomic E-state index is -2.00. The van der Waals surface area contributed by atoms with Gasteiger partial charge in [0.1, 0.15) is 11.5 Å². The molecule has 0 aliphatic carbocycles. The molecule has 0 fully saturated rings. The Balaban J connectivity index is 2.27. The van der Waals surface area contributed by atoms with Gasteiger partial charge >= 0.3 is 8.56 Å². The molecule has 0 saturated carbocycles. The molecule has 1 unspecified atom stereocenters. The molecule has 1 atom stereocenters. The van der Waals surface area contributed by atoms with E-state index in [1.165, 1.54) is 0 Å². The van der Waals surface area contributed by atoms with Crippen molar-refractivity contribution in [1.29, 1.82) is 0 Å². The number of aliphatic hydroxyl groups excluding tert-OH is 1. The predicted molar refractivity (Wildman–Crippen MR) is 108 cm³/mol. The lowest BCUT2D eigenvalue weighted by atomic mass is 10.3. The molecule has 0 radical (unpaired) electrons. The molecule has 0 aliphatic heterocycles. The van der Waals surface area contributed by atoms with Crippen LogP contribution in [0.5, 0.6) is 11.5 Å². The lowest BCUT2D eigenvalue weighted by Crippen LogP contribution is -2.38. The molecule has 0 aliphatic rings. The van der Waals surface area contributed by atoms with Crippen molar-refractivity contribution in [3.05, 3.63) is 24.3 Å². The van der Waals surface area contributed by atoms with E-state index in [-0.39, 0.29) is 6.23 Å². The molecule has 8 heteroatoms. The van der Waals surface area contributed by atoms with Gasteiger partial charge in [-0.2, -0.15) is 0 Å². The van der Waals surface area contributed by atoms with Gasteiger partial charge in [0.25, 0.3) is 0 Å². The highest BCUT2D eigenvalue weighted by molar-refractivity contribution is 6.72. The molecule has 0 aromatic heterocycles. The van der Waals surface area contributed by atoms with Crippen LogP contribution in [0.3, 0.4) is 0 Å². The fourth-order valence-corrected chi connectivity index (χ4v) is 5.13. The van der Waals surface area contributed by atoms with Crippen LogP contribution < -0.4 is 9.47 Å². The quantitative estimate of drug-likeness (QED) is 0.380. The van der Waals surface area contributed by atoms with Crippen molar-refractivity contribution in [2.75, 3.05) is 40.8 Å². The number of rotatable bonds is 14. The molecule has 150 valence electrons. The first-order valence-corrected chi connectivity index (χ1v) is 14.4. The first kappa shape index (κ1) is 23.1. The maximum Gasteiger partial charge on any atom is 0.334 e. The number of hydrogen-bond acceptors (Lipinski definition) is 6. The summed E-state index contributed by atoms with van der Waals surface area (Å²) in [5, 5.41) is 9.36. The van der Waals surface area contributed by atoms with E-state index in [2.05, 4.69) is 6.55 Å². The second-order valence-electron chi connectivity index (χ2n) is 6.73. The molecule has 1 aromatic carbocycles. The van der Waals surface area contributed by atoms with Crippen LogP contribution in [-0.4, -0.2) is 62.8 Å². The average Bonchev–Trinajstić information content (AvgIpc) is 2.69. The fourth-order valence-electron chi connectivity index (χ4n) is 2.38. The van der Waals surface area contributed by atoms with Crippen LogP contribution in [0.15, 0.2) is 24.3 Å². The zero-order chi connectivity index (χ0) is 19.5. The van der Waals surface area contributed by atoms with E-state index in [4.69, 9.17) is 22.8 Å². The lowest BCUT2D eigenvalue weighted by molar-refractivity contribution is 0.241. The van der Waals surface area contributed by atoms with E-state index in [0.717, 1.165) is 36.4 Å². The molecular formula is C18H34O6Si2. The van der Waals surface area contributed by atoms with E-state index in [1.807, 2.05) is 30.8 Å². The summed E-state index contributed by atoms with van der Waals surface area (Å²) in [6.45, 7) is 5.33. The number of hydrogen-bond donors (Lipinski definition) is 1. The summed E-state index contributed by atoms with van der Waals surface area (Å²) >= 11 is 0. The highest BCUT2D eigenvalue weighted by atomic mass is 28.4. The highest BCUT2D eigenvalue weighted by Gasteiger charge is 2.28. The third kappa shape index (κ3) is 8.19. The van der Waals surface area contributed by atoms with Crippen LogP contribution in [0.1, 0.15) is 12.8 Å². The van der Waals surface area contributed by atoms with Gasteiger partial charge in [0, 0.05) is 21.3 Å². The van der Waals surface area contributed by atoms with E-state index in [0.29, 0.717) is 13.2 Å². The molecule has 1 rings (SSSR count). The van der Waals surface area contributed by atoms with Crippen LogP contribution in [0.4, 0.5) is 0 Å². The van der Waals surface area contributed by atoms with Crippen molar-refractivity contribution in [3.63, 3.8) is 0 Å².